The van der Waals surface area contributed by atoms with Crippen molar-refractivity contribution >= 4 is 50.5 Å². The van der Waals surface area contributed by atoms with Crippen molar-refractivity contribution in [1.82, 2.24) is 0 Å². The number of aryl methyl sites for hydroxylation is 1. The fraction of sp³-hybridized carbons (Fsp3) is 0.136. The number of carbonyl (C=O) groups excluding carboxylic acids is 1. The molecule has 0 aromatic heterocycles. The van der Waals surface area contributed by atoms with Crippen LogP contribution < -0.4 is 15.4 Å². The van der Waals surface area contributed by atoms with E-state index in [0.29, 0.717) is 33.2 Å². The number of nitrogens with one attached hydrogen (secondary N) is 2. The molecular formula is C22H19BrClN3O4. The van der Waals surface area contributed by atoms with E-state index in [2.05, 4.69) is 26.6 Å². The van der Waals surface area contributed by atoms with Gasteiger partial charge in [-0.05, 0) is 64.3 Å². The summed E-state index contributed by atoms with van der Waals surface area (Å²) in [6.45, 7) is 2.20. The first kappa shape index (κ1) is 22.6. The molecule has 3 aromatic carbocycles. The van der Waals surface area contributed by atoms with Gasteiger partial charge in [-0.2, -0.15) is 0 Å². The van der Waals surface area contributed by atoms with E-state index in [0.717, 1.165) is 11.1 Å². The van der Waals surface area contributed by atoms with Gasteiger partial charge in [-0.15, -0.1) is 0 Å². The van der Waals surface area contributed by atoms with E-state index in [9.17, 15) is 14.9 Å². The summed E-state index contributed by atoms with van der Waals surface area (Å²) in [5, 5.41) is 17.3. The topological polar surface area (TPSA) is 93.5 Å². The summed E-state index contributed by atoms with van der Waals surface area (Å²) in [6, 6.07) is 17.1. The normalized spacial score (nSPS) is 10.4. The summed E-state index contributed by atoms with van der Waals surface area (Å²) < 4.78 is 6.29. The molecule has 2 N–H and O–H groups in total. The number of hydrogen-bond acceptors (Lipinski definition) is 5. The van der Waals surface area contributed by atoms with Crippen LogP contribution in [0.15, 0.2) is 65.1 Å². The fourth-order valence-electron chi connectivity index (χ4n) is 2.72. The lowest BCUT2D eigenvalue weighted by molar-refractivity contribution is -0.384. The minimum absolute atomic E-state index is 0.0288. The summed E-state index contributed by atoms with van der Waals surface area (Å²) in [6.07, 6.45) is 0. The van der Waals surface area contributed by atoms with Crippen LogP contribution in [0, 0.1) is 17.0 Å². The van der Waals surface area contributed by atoms with Gasteiger partial charge < -0.3 is 15.4 Å². The molecule has 0 aliphatic heterocycles. The van der Waals surface area contributed by atoms with Crippen molar-refractivity contribution in [3.63, 3.8) is 0 Å². The zero-order valence-electron chi connectivity index (χ0n) is 16.5. The number of ether oxygens (including phenoxy) is 1. The molecule has 0 aliphatic carbocycles. The number of benzene rings is 3. The van der Waals surface area contributed by atoms with Crippen LogP contribution in [0.4, 0.5) is 17.1 Å². The Bertz CT molecular complexity index is 1120. The van der Waals surface area contributed by atoms with Crippen molar-refractivity contribution in [1.29, 1.82) is 0 Å². The maximum Gasteiger partial charge on any atom is 0.271 e. The number of nitro benzene ring substituents is 1. The molecule has 1 amide bonds. The van der Waals surface area contributed by atoms with E-state index in [1.54, 1.807) is 30.3 Å². The number of hydrogen-bond donors (Lipinski definition) is 2. The molecule has 0 heterocycles. The molecule has 0 unspecified atom stereocenters. The van der Waals surface area contributed by atoms with Crippen molar-refractivity contribution in [3.05, 3.63) is 91.4 Å². The van der Waals surface area contributed by atoms with E-state index >= 15 is 0 Å². The van der Waals surface area contributed by atoms with Gasteiger partial charge in [0.05, 0.1) is 9.40 Å². The number of nitrogens with zero attached hydrogens (tertiary/aromatic N) is 1. The van der Waals surface area contributed by atoms with Gasteiger partial charge in [0.1, 0.15) is 5.75 Å². The molecule has 0 bridgehead atoms. The van der Waals surface area contributed by atoms with Crippen molar-refractivity contribution in [2.75, 3.05) is 17.2 Å². The molecule has 0 atom stereocenters. The van der Waals surface area contributed by atoms with E-state index in [1.165, 1.54) is 12.1 Å². The lowest BCUT2D eigenvalue weighted by Gasteiger charge is -2.11. The molecule has 7 nitrogen and oxygen atoms in total. The van der Waals surface area contributed by atoms with E-state index in [4.69, 9.17) is 16.3 Å². The first-order chi connectivity index (χ1) is 14.8. The maximum absolute atomic E-state index is 12.1. The van der Waals surface area contributed by atoms with Crippen molar-refractivity contribution < 1.29 is 14.5 Å². The Labute approximate surface area is 192 Å². The Morgan fingerprint density at radius 2 is 1.94 bits per heavy atom. The predicted octanol–water partition coefficient (Wildman–Crippen LogP) is 5.95. The number of rotatable bonds is 8. The third-order valence-corrected chi connectivity index (χ3v) is 5.39. The third-order valence-electron chi connectivity index (χ3n) is 4.36. The molecule has 0 spiro atoms. The number of anilines is 2. The van der Waals surface area contributed by atoms with E-state index < -0.39 is 4.92 Å². The van der Waals surface area contributed by atoms with Gasteiger partial charge >= 0.3 is 0 Å². The fourth-order valence-corrected chi connectivity index (χ4v) is 3.44. The molecule has 31 heavy (non-hydrogen) atoms. The quantitative estimate of drug-likeness (QED) is 0.292. The summed E-state index contributed by atoms with van der Waals surface area (Å²) >= 11 is 9.52. The summed E-state index contributed by atoms with van der Waals surface area (Å²) in [5.74, 6) is 0.222. The molecule has 3 aromatic rings. The van der Waals surface area contributed by atoms with Crippen molar-refractivity contribution in [2.24, 2.45) is 0 Å². The third kappa shape index (κ3) is 6.44. The van der Waals surface area contributed by atoms with Crippen LogP contribution in [0.3, 0.4) is 0 Å². The van der Waals surface area contributed by atoms with Crippen LogP contribution in [0.1, 0.15) is 11.1 Å². The van der Waals surface area contributed by atoms with Gasteiger partial charge in [-0.25, -0.2) is 0 Å². The first-order valence-electron chi connectivity index (χ1n) is 9.27. The highest BCUT2D eigenvalue weighted by Crippen LogP contribution is 2.27. The average Bonchev–Trinajstić information content (AvgIpc) is 2.74. The second-order valence-corrected chi connectivity index (χ2v) is 7.99. The Balaban J connectivity index is 1.54. The lowest BCUT2D eigenvalue weighted by Crippen LogP contribution is -2.20. The van der Waals surface area contributed by atoms with Gasteiger partial charge in [0.25, 0.3) is 11.6 Å². The largest absolute Gasteiger partial charge is 0.483 e. The van der Waals surface area contributed by atoms with Gasteiger partial charge in [-0.3, -0.25) is 14.9 Å². The van der Waals surface area contributed by atoms with Gasteiger partial charge in [0, 0.05) is 35.1 Å². The van der Waals surface area contributed by atoms with Crippen LogP contribution in [-0.4, -0.2) is 17.4 Å². The van der Waals surface area contributed by atoms with Gasteiger partial charge in [0.2, 0.25) is 0 Å². The smallest absolute Gasteiger partial charge is 0.271 e. The molecule has 160 valence electrons. The highest BCUT2D eigenvalue weighted by Gasteiger charge is 2.09. The van der Waals surface area contributed by atoms with Crippen LogP contribution >= 0.6 is 27.5 Å². The second kappa shape index (κ2) is 10.3. The molecule has 3 rings (SSSR count). The lowest BCUT2D eigenvalue weighted by atomic mass is 10.2. The van der Waals surface area contributed by atoms with Crippen LogP contribution in [0.25, 0.3) is 0 Å². The molecule has 0 radical (unpaired) electrons. The highest BCUT2D eigenvalue weighted by atomic mass is 79.9. The molecular weight excluding hydrogens is 486 g/mol. The Kier molecular flexibility index (Phi) is 7.49. The molecule has 0 fully saturated rings. The Hall–Kier alpha value is -3.10. The zero-order valence-corrected chi connectivity index (χ0v) is 18.9. The van der Waals surface area contributed by atoms with Crippen LogP contribution in [0.2, 0.25) is 5.02 Å². The van der Waals surface area contributed by atoms with Crippen molar-refractivity contribution in [2.45, 2.75) is 13.5 Å². The number of non-ortho nitro benzene ring substituents is 1. The molecule has 9 heteroatoms. The standard InChI is InChI=1S/C22H19BrClN3O4/c1-14-5-7-17(11-20(14)24)26-22(28)13-31-21-8-6-15(9-19(21)23)12-25-16-3-2-4-18(10-16)27(29)30/h2-11,25H,12-13H2,1H3,(H,26,28). The van der Waals surface area contributed by atoms with E-state index in [1.807, 2.05) is 25.1 Å². The maximum atomic E-state index is 12.1. The van der Waals surface area contributed by atoms with Gasteiger partial charge in [-0.1, -0.05) is 29.8 Å². The van der Waals surface area contributed by atoms with Crippen LogP contribution in [0.5, 0.6) is 5.75 Å². The zero-order chi connectivity index (χ0) is 22.4. The average molecular weight is 505 g/mol. The summed E-state index contributed by atoms with van der Waals surface area (Å²) in [7, 11) is 0. The van der Waals surface area contributed by atoms with E-state index in [-0.39, 0.29) is 18.2 Å². The second-order valence-electron chi connectivity index (χ2n) is 6.73. The predicted molar refractivity (Wildman–Crippen MR) is 125 cm³/mol. The SMILES string of the molecule is Cc1ccc(NC(=O)COc2ccc(CNc3cccc([N+](=O)[O-])c3)cc2Br)cc1Cl. The van der Waals surface area contributed by atoms with Gasteiger partial charge in [0.15, 0.2) is 6.61 Å². The number of nitro groups is 1. The minimum Gasteiger partial charge on any atom is -0.483 e. The minimum atomic E-state index is -0.433. The van der Waals surface area contributed by atoms with Crippen LogP contribution in [-0.2, 0) is 11.3 Å². The molecule has 0 saturated carbocycles. The summed E-state index contributed by atoms with van der Waals surface area (Å²) in [5.41, 5.74) is 3.15. The number of carbonyl (C=O) groups is 1. The Morgan fingerprint density at radius 1 is 1.13 bits per heavy atom. The first-order valence-corrected chi connectivity index (χ1v) is 10.4. The van der Waals surface area contributed by atoms with Crippen molar-refractivity contribution in [3.8, 4) is 5.75 Å². The number of amides is 1. The Morgan fingerprint density at radius 3 is 2.65 bits per heavy atom. The molecule has 0 aliphatic rings. The summed E-state index contributed by atoms with van der Waals surface area (Å²) in [4.78, 5) is 22.6. The highest BCUT2D eigenvalue weighted by molar-refractivity contribution is 9.10. The number of halogens is 2. The molecule has 0 saturated heterocycles. The monoisotopic (exact) mass is 503 g/mol.